The maximum Gasteiger partial charge on any atom is 0.337 e. The Morgan fingerprint density at radius 1 is 1.21 bits per heavy atom. The maximum atomic E-state index is 12.5. The number of rotatable bonds is 7. The predicted molar refractivity (Wildman–Crippen MR) is 129 cm³/mol. The lowest BCUT2D eigenvalue weighted by atomic mass is 9.89. The molecule has 0 fully saturated rings. The summed E-state index contributed by atoms with van der Waals surface area (Å²) in [6, 6.07) is 9.79. The van der Waals surface area contributed by atoms with E-state index in [1.54, 1.807) is 54.9 Å². The van der Waals surface area contributed by atoms with E-state index >= 15 is 0 Å². The highest BCUT2D eigenvalue weighted by atomic mass is 16.5. The largest absolute Gasteiger partial charge is 0.497 e. The lowest BCUT2D eigenvalue weighted by Gasteiger charge is -2.27. The molecule has 1 aliphatic heterocycles. The average Bonchev–Trinajstić information content (AvgIpc) is 3.21. The summed E-state index contributed by atoms with van der Waals surface area (Å²) in [6.45, 7) is 4.37. The molecule has 1 aliphatic rings. The number of benzene rings is 1. The first kappa shape index (κ1) is 23.0. The molecule has 4 rings (SSSR count). The summed E-state index contributed by atoms with van der Waals surface area (Å²) in [7, 11) is 3.23. The van der Waals surface area contributed by atoms with Crippen LogP contribution in [0.5, 0.6) is 11.6 Å². The minimum Gasteiger partial charge on any atom is -0.497 e. The van der Waals surface area contributed by atoms with Gasteiger partial charge in [0.2, 0.25) is 5.88 Å². The third-order valence-corrected chi connectivity index (χ3v) is 5.90. The van der Waals surface area contributed by atoms with Gasteiger partial charge in [-0.25, -0.2) is 9.78 Å². The van der Waals surface area contributed by atoms with Crippen molar-refractivity contribution in [3.63, 3.8) is 0 Å². The number of anilines is 1. The molecule has 0 spiro atoms. The van der Waals surface area contributed by atoms with Crippen molar-refractivity contribution in [3.05, 3.63) is 70.3 Å². The molecule has 2 unspecified atom stereocenters. The molecule has 1 aromatic carbocycles. The van der Waals surface area contributed by atoms with Gasteiger partial charge in [0.1, 0.15) is 5.75 Å². The standard InChI is InChI=1S/C25H26N4O5/c1-5-34-23-9-6-16(12-26-23)19-11-24(30)28(3)14-21(19)20-13-27-29(15(20)2)22-10-17(33-4)7-8-18(22)25(31)32/h6-15,20H,5H2,1-4H3,(H,31,32). The van der Waals surface area contributed by atoms with Crippen LogP contribution in [0.4, 0.5) is 5.69 Å². The first-order valence-electron chi connectivity index (χ1n) is 10.9. The normalized spacial score (nSPS) is 17.1. The zero-order chi connectivity index (χ0) is 24.4. The molecule has 3 heterocycles. The number of aryl methyl sites for hydroxylation is 1. The zero-order valence-electron chi connectivity index (χ0n) is 19.4. The van der Waals surface area contributed by atoms with Crippen molar-refractivity contribution in [1.82, 2.24) is 9.55 Å². The molecule has 1 N–H and O–H groups in total. The molecular formula is C25H26N4O5. The van der Waals surface area contributed by atoms with Crippen molar-refractivity contribution in [2.24, 2.45) is 12.1 Å². The summed E-state index contributed by atoms with van der Waals surface area (Å²) < 4.78 is 12.3. The Balaban J connectivity index is 1.76. The number of hydrogen-bond acceptors (Lipinski definition) is 7. The molecule has 0 aliphatic carbocycles. The van der Waals surface area contributed by atoms with E-state index in [-0.39, 0.29) is 23.1 Å². The Hall–Kier alpha value is -4.14. The van der Waals surface area contributed by atoms with Gasteiger partial charge in [0, 0.05) is 55.3 Å². The van der Waals surface area contributed by atoms with Gasteiger partial charge in [-0.2, -0.15) is 5.10 Å². The van der Waals surface area contributed by atoms with E-state index in [1.807, 2.05) is 19.9 Å². The minimum atomic E-state index is -1.05. The van der Waals surface area contributed by atoms with Crippen LogP contribution < -0.4 is 20.0 Å². The van der Waals surface area contributed by atoms with Crippen molar-refractivity contribution >= 4 is 17.9 Å². The molecule has 34 heavy (non-hydrogen) atoms. The molecule has 3 aromatic rings. The summed E-state index contributed by atoms with van der Waals surface area (Å²) in [5.41, 5.74) is 2.82. The number of carboxylic acid groups (broad SMARTS) is 1. The van der Waals surface area contributed by atoms with Crippen molar-refractivity contribution in [3.8, 4) is 22.8 Å². The van der Waals surface area contributed by atoms with Crippen LogP contribution in [0.15, 0.2) is 58.7 Å². The first-order chi connectivity index (χ1) is 16.3. The number of nitrogens with zero attached hydrogens (tertiary/aromatic N) is 4. The van der Waals surface area contributed by atoms with E-state index in [4.69, 9.17) is 9.47 Å². The van der Waals surface area contributed by atoms with E-state index in [1.165, 1.54) is 17.7 Å². The summed E-state index contributed by atoms with van der Waals surface area (Å²) >= 11 is 0. The SMILES string of the molecule is CCOc1ccc(-c2cc(=O)n(C)cc2C2C=NN(c3cc(OC)ccc3C(=O)O)C2C)cn1. The van der Waals surface area contributed by atoms with Crippen molar-refractivity contribution in [2.75, 3.05) is 18.7 Å². The minimum absolute atomic E-state index is 0.127. The van der Waals surface area contributed by atoms with Crippen LogP contribution >= 0.6 is 0 Å². The summed E-state index contributed by atoms with van der Waals surface area (Å²) in [4.78, 5) is 28.7. The number of pyridine rings is 2. The van der Waals surface area contributed by atoms with Crippen LogP contribution in [-0.4, -0.2) is 46.6 Å². The number of carboxylic acids is 1. The number of ether oxygens (including phenoxy) is 2. The van der Waals surface area contributed by atoms with Crippen LogP contribution in [0.3, 0.4) is 0 Å². The Morgan fingerprint density at radius 3 is 2.65 bits per heavy atom. The van der Waals surface area contributed by atoms with Crippen LogP contribution in [0.25, 0.3) is 11.1 Å². The van der Waals surface area contributed by atoms with Crippen LogP contribution in [-0.2, 0) is 7.05 Å². The van der Waals surface area contributed by atoms with E-state index in [2.05, 4.69) is 10.1 Å². The lowest BCUT2D eigenvalue weighted by Crippen LogP contribution is -2.30. The van der Waals surface area contributed by atoms with E-state index in [0.29, 0.717) is 23.9 Å². The number of aromatic carboxylic acids is 1. The van der Waals surface area contributed by atoms with Gasteiger partial charge in [-0.15, -0.1) is 0 Å². The van der Waals surface area contributed by atoms with Gasteiger partial charge in [0.15, 0.2) is 0 Å². The second kappa shape index (κ2) is 9.38. The van der Waals surface area contributed by atoms with Gasteiger partial charge in [0.05, 0.1) is 31.0 Å². The van der Waals surface area contributed by atoms with E-state index < -0.39 is 5.97 Å². The van der Waals surface area contributed by atoms with Crippen LogP contribution in [0.1, 0.15) is 35.7 Å². The van der Waals surface area contributed by atoms with Gasteiger partial charge in [-0.3, -0.25) is 9.80 Å². The van der Waals surface area contributed by atoms with Crippen molar-refractivity contribution in [2.45, 2.75) is 25.8 Å². The quantitative estimate of drug-likeness (QED) is 0.572. The summed E-state index contributed by atoms with van der Waals surface area (Å²) in [5, 5.41) is 15.9. The highest BCUT2D eigenvalue weighted by Crippen LogP contribution is 2.38. The maximum absolute atomic E-state index is 12.5. The molecular weight excluding hydrogens is 436 g/mol. The fourth-order valence-electron chi connectivity index (χ4n) is 4.09. The molecule has 9 heteroatoms. The Morgan fingerprint density at radius 2 is 2.00 bits per heavy atom. The molecule has 9 nitrogen and oxygen atoms in total. The van der Waals surface area contributed by atoms with Gasteiger partial charge < -0.3 is 19.1 Å². The lowest BCUT2D eigenvalue weighted by molar-refractivity contribution is 0.0697. The van der Waals surface area contributed by atoms with E-state index in [0.717, 1.165) is 16.7 Å². The van der Waals surface area contributed by atoms with Crippen LogP contribution in [0.2, 0.25) is 0 Å². The first-order valence-corrected chi connectivity index (χ1v) is 10.9. The third-order valence-electron chi connectivity index (χ3n) is 5.90. The molecule has 0 saturated heterocycles. The van der Waals surface area contributed by atoms with Crippen molar-refractivity contribution in [1.29, 1.82) is 0 Å². The predicted octanol–water partition coefficient (Wildman–Crippen LogP) is 3.53. The molecule has 0 saturated carbocycles. The Kier molecular flexibility index (Phi) is 6.36. The van der Waals surface area contributed by atoms with Gasteiger partial charge in [-0.05, 0) is 43.2 Å². The highest BCUT2D eigenvalue weighted by molar-refractivity contribution is 5.95. The molecule has 0 bridgehead atoms. The molecule has 0 amide bonds. The second-order valence-electron chi connectivity index (χ2n) is 7.97. The number of hydrazone groups is 1. The van der Waals surface area contributed by atoms with Crippen LogP contribution in [0, 0.1) is 0 Å². The molecule has 176 valence electrons. The highest BCUT2D eigenvalue weighted by Gasteiger charge is 2.33. The molecule has 0 radical (unpaired) electrons. The number of carbonyl (C=O) groups is 1. The third kappa shape index (κ3) is 4.24. The van der Waals surface area contributed by atoms with Gasteiger partial charge in [-0.1, -0.05) is 0 Å². The fraction of sp³-hybridized carbons (Fsp3) is 0.280. The van der Waals surface area contributed by atoms with Crippen molar-refractivity contribution < 1.29 is 19.4 Å². The number of aromatic nitrogens is 2. The number of methoxy groups -OCH3 is 1. The van der Waals surface area contributed by atoms with E-state index in [9.17, 15) is 14.7 Å². The zero-order valence-corrected chi connectivity index (χ0v) is 19.4. The summed E-state index contributed by atoms with van der Waals surface area (Å²) in [6.07, 6.45) is 5.26. The smallest absolute Gasteiger partial charge is 0.337 e. The van der Waals surface area contributed by atoms with Gasteiger partial charge in [0.25, 0.3) is 5.56 Å². The fourth-order valence-corrected chi connectivity index (χ4v) is 4.09. The van der Waals surface area contributed by atoms with Gasteiger partial charge >= 0.3 is 5.97 Å². The Bertz CT molecular complexity index is 1300. The topological polar surface area (TPSA) is 106 Å². The average molecular weight is 463 g/mol. The molecule has 2 atom stereocenters. The Labute approximate surface area is 196 Å². The monoisotopic (exact) mass is 462 g/mol. The molecule has 2 aromatic heterocycles. The second-order valence-corrected chi connectivity index (χ2v) is 7.97. The number of hydrogen-bond donors (Lipinski definition) is 1. The summed E-state index contributed by atoms with van der Waals surface area (Å²) in [5.74, 6) is -0.208.